The van der Waals surface area contributed by atoms with E-state index in [9.17, 15) is 0 Å². The lowest BCUT2D eigenvalue weighted by Crippen LogP contribution is -2.46. The van der Waals surface area contributed by atoms with E-state index >= 15 is 0 Å². The highest BCUT2D eigenvalue weighted by atomic mass is 16.5. The Balaban J connectivity index is 1.59. The van der Waals surface area contributed by atoms with Crippen LogP contribution >= 0.6 is 0 Å². The molecule has 1 heterocycles. The fourth-order valence-electron chi connectivity index (χ4n) is 3.49. The monoisotopic (exact) mass is 370 g/mol. The van der Waals surface area contributed by atoms with Crippen LogP contribution in [0.1, 0.15) is 37.8 Å². The SMILES string of the molecule is CCCCOc1ccc(N2/C(=N/c3ccccc3)CC2c2ccccc2)cc1. The molecule has 0 radical (unpaired) electrons. The summed E-state index contributed by atoms with van der Waals surface area (Å²) < 4.78 is 5.82. The van der Waals surface area contributed by atoms with Crippen molar-refractivity contribution in [2.75, 3.05) is 11.5 Å². The molecular weight excluding hydrogens is 344 g/mol. The van der Waals surface area contributed by atoms with E-state index in [0.717, 1.165) is 48.8 Å². The Hall–Kier alpha value is -3.07. The van der Waals surface area contributed by atoms with Crippen molar-refractivity contribution < 1.29 is 4.74 Å². The number of aliphatic imine (C=N–C) groups is 1. The van der Waals surface area contributed by atoms with Gasteiger partial charge in [0.15, 0.2) is 0 Å². The fraction of sp³-hybridized carbons (Fsp3) is 0.240. The predicted octanol–water partition coefficient (Wildman–Crippen LogP) is 6.55. The molecule has 0 aromatic heterocycles. The molecular formula is C25H26N2O. The van der Waals surface area contributed by atoms with E-state index in [4.69, 9.17) is 9.73 Å². The lowest BCUT2D eigenvalue weighted by molar-refractivity contribution is 0.309. The molecule has 0 amide bonds. The number of para-hydroxylation sites is 1. The Morgan fingerprint density at radius 1 is 0.893 bits per heavy atom. The summed E-state index contributed by atoms with van der Waals surface area (Å²) in [6.07, 6.45) is 3.16. The first kappa shape index (κ1) is 18.3. The summed E-state index contributed by atoms with van der Waals surface area (Å²) in [5, 5.41) is 0. The van der Waals surface area contributed by atoms with E-state index in [-0.39, 0.29) is 0 Å². The normalized spacial score (nSPS) is 17.4. The van der Waals surface area contributed by atoms with Gasteiger partial charge in [0.05, 0.1) is 18.3 Å². The van der Waals surface area contributed by atoms with Crippen LogP contribution < -0.4 is 9.64 Å². The van der Waals surface area contributed by atoms with E-state index in [1.54, 1.807) is 0 Å². The van der Waals surface area contributed by atoms with E-state index in [1.807, 2.05) is 30.3 Å². The number of rotatable bonds is 7. The van der Waals surface area contributed by atoms with Crippen molar-refractivity contribution in [1.29, 1.82) is 0 Å². The first-order valence-electron chi connectivity index (χ1n) is 10.0. The van der Waals surface area contributed by atoms with Gasteiger partial charge >= 0.3 is 0 Å². The highest BCUT2D eigenvalue weighted by Crippen LogP contribution is 2.40. The van der Waals surface area contributed by atoms with Crippen LogP contribution in [0.3, 0.4) is 0 Å². The van der Waals surface area contributed by atoms with Crippen LogP contribution in [0.2, 0.25) is 0 Å². The average molecular weight is 370 g/mol. The molecule has 0 spiro atoms. The van der Waals surface area contributed by atoms with Crippen LogP contribution in [0, 0.1) is 0 Å². The van der Waals surface area contributed by atoms with E-state index in [0.29, 0.717) is 6.04 Å². The van der Waals surface area contributed by atoms with Crippen LogP contribution in [0.5, 0.6) is 5.75 Å². The van der Waals surface area contributed by atoms with Gasteiger partial charge in [-0.15, -0.1) is 0 Å². The maximum absolute atomic E-state index is 5.82. The van der Waals surface area contributed by atoms with Gasteiger partial charge in [0, 0.05) is 12.1 Å². The van der Waals surface area contributed by atoms with Crippen LogP contribution in [-0.4, -0.2) is 12.4 Å². The first-order valence-corrected chi connectivity index (χ1v) is 10.0. The van der Waals surface area contributed by atoms with Crippen LogP contribution in [0.25, 0.3) is 0 Å². The Morgan fingerprint density at radius 2 is 1.57 bits per heavy atom. The summed E-state index contributed by atoms with van der Waals surface area (Å²) in [4.78, 5) is 7.22. The smallest absolute Gasteiger partial charge is 0.119 e. The number of ether oxygens (including phenoxy) is 1. The molecule has 0 bridgehead atoms. The largest absolute Gasteiger partial charge is 0.494 e. The third kappa shape index (κ3) is 4.09. The molecule has 3 heteroatoms. The van der Waals surface area contributed by atoms with Gasteiger partial charge < -0.3 is 9.64 Å². The lowest BCUT2D eigenvalue weighted by atomic mass is 9.92. The number of benzene rings is 3. The van der Waals surface area contributed by atoms with Crippen LogP contribution in [-0.2, 0) is 0 Å². The third-order valence-corrected chi connectivity index (χ3v) is 5.05. The van der Waals surface area contributed by atoms with Gasteiger partial charge in [-0.3, -0.25) is 0 Å². The van der Waals surface area contributed by atoms with Crippen molar-refractivity contribution >= 4 is 17.2 Å². The topological polar surface area (TPSA) is 24.8 Å². The molecule has 3 aromatic carbocycles. The summed E-state index contributed by atoms with van der Waals surface area (Å²) in [6, 6.07) is 29.5. The van der Waals surface area contributed by atoms with Gasteiger partial charge in [-0.25, -0.2) is 4.99 Å². The minimum Gasteiger partial charge on any atom is -0.494 e. The Labute approximate surface area is 167 Å². The van der Waals surface area contributed by atoms with Crippen LogP contribution in [0.15, 0.2) is 89.9 Å². The van der Waals surface area contributed by atoms with Crippen molar-refractivity contribution in [2.45, 2.75) is 32.2 Å². The minimum absolute atomic E-state index is 0.315. The van der Waals surface area contributed by atoms with Gasteiger partial charge in [0.25, 0.3) is 0 Å². The van der Waals surface area contributed by atoms with Gasteiger partial charge in [-0.05, 0) is 48.4 Å². The van der Waals surface area contributed by atoms with Crippen LogP contribution in [0.4, 0.5) is 11.4 Å². The summed E-state index contributed by atoms with van der Waals surface area (Å²) >= 11 is 0. The van der Waals surface area contributed by atoms with Crippen molar-refractivity contribution in [3.05, 3.63) is 90.5 Å². The zero-order valence-electron chi connectivity index (χ0n) is 16.3. The first-order chi connectivity index (χ1) is 13.8. The summed E-state index contributed by atoms with van der Waals surface area (Å²) in [6.45, 7) is 2.95. The number of amidine groups is 1. The minimum atomic E-state index is 0.315. The van der Waals surface area contributed by atoms with Crippen molar-refractivity contribution in [3.63, 3.8) is 0 Å². The predicted molar refractivity (Wildman–Crippen MR) is 117 cm³/mol. The second-order valence-corrected chi connectivity index (χ2v) is 7.06. The molecule has 28 heavy (non-hydrogen) atoms. The number of anilines is 1. The van der Waals surface area contributed by atoms with E-state index in [2.05, 4.69) is 66.4 Å². The van der Waals surface area contributed by atoms with Gasteiger partial charge in [0.1, 0.15) is 11.6 Å². The number of nitrogens with zero attached hydrogens (tertiary/aromatic N) is 2. The highest BCUT2D eigenvalue weighted by molar-refractivity contribution is 6.06. The zero-order chi connectivity index (χ0) is 19.2. The Bertz CT molecular complexity index is 904. The molecule has 3 aromatic rings. The molecule has 142 valence electrons. The summed E-state index contributed by atoms with van der Waals surface area (Å²) in [5.41, 5.74) is 3.46. The number of hydrogen-bond acceptors (Lipinski definition) is 2. The van der Waals surface area contributed by atoms with Crippen molar-refractivity contribution in [3.8, 4) is 5.75 Å². The molecule has 1 fully saturated rings. The molecule has 1 aliphatic heterocycles. The second-order valence-electron chi connectivity index (χ2n) is 7.06. The molecule has 3 nitrogen and oxygen atoms in total. The molecule has 1 saturated heterocycles. The number of unbranched alkanes of at least 4 members (excludes halogenated alkanes) is 1. The maximum Gasteiger partial charge on any atom is 0.119 e. The maximum atomic E-state index is 5.82. The van der Waals surface area contributed by atoms with Crippen molar-refractivity contribution in [2.24, 2.45) is 4.99 Å². The quantitative estimate of drug-likeness (QED) is 0.441. The lowest BCUT2D eigenvalue weighted by Gasteiger charge is -2.44. The molecule has 0 N–H and O–H groups in total. The molecule has 0 aliphatic carbocycles. The molecule has 4 rings (SSSR count). The number of hydrogen-bond donors (Lipinski definition) is 0. The van der Waals surface area contributed by atoms with E-state index < -0.39 is 0 Å². The Kier molecular flexibility index (Phi) is 5.72. The van der Waals surface area contributed by atoms with Gasteiger partial charge in [-0.1, -0.05) is 61.9 Å². The molecule has 1 unspecified atom stereocenters. The highest BCUT2D eigenvalue weighted by Gasteiger charge is 2.36. The molecule has 0 saturated carbocycles. The zero-order valence-corrected chi connectivity index (χ0v) is 16.3. The summed E-state index contributed by atoms with van der Waals surface area (Å²) in [7, 11) is 0. The Morgan fingerprint density at radius 3 is 2.25 bits per heavy atom. The summed E-state index contributed by atoms with van der Waals surface area (Å²) in [5.74, 6) is 2.02. The molecule has 1 aliphatic rings. The van der Waals surface area contributed by atoms with Gasteiger partial charge in [0.2, 0.25) is 0 Å². The second kappa shape index (κ2) is 8.75. The standard InChI is InChI=1S/C25H26N2O/c1-2-3-18-28-23-16-14-22(15-17-23)27-24(20-10-6-4-7-11-20)19-25(27)26-21-12-8-5-9-13-21/h4-17,24H,2-3,18-19H2,1H3/b26-25+. The van der Waals surface area contributed by atoms with Crippen molar-refractivity contribution in [1.82, 2.24) is 0 Å². The van der Waals surface area contributed by atoms with E-state index in [1.165, 1.54) is 5.56 Å². The van der Waals surface area contributed by atoms with Gasteiger partial charge in [-0.2, -0.15) is 0 Å². The third-order valence-electron chi connectivity index (χ3n) is 5.05. The molecule has 1 atom stereocenters. The average Bonchev–Trinajstić information content (AvgIpc) is 2.74. The fourth-order valence-corrected chi connectivity index (χ4v) is 3.49.